The molecule has 1 fully saturated rings. The molecule has 10 heteroatoms. The van der Waals surface area contributed by atoms with E-state index in [1.165, 1.54) is 4.90 Å². The fraction of sp³-hybridized carbons (Fsp3) is 0.650. The maximum absolute atomic E-state index is 12.4. The van der Waals surface area contributed by atoms with Crippen LogP contribution in [-0.4, -0.2) is 70.5 Å². The number of aliphatic imine (C=N–C) groups is 1. The summed E-state index contributed by atoms with van der Waals surface area (Å²) in [4.78, 5) is 5.67. The third-order valence-electron chi connectivity index (χ3n) is 4.90. The number of hydrogen-bond acceptors (Lipinski definition) is 4. The van der Waals surface area contributed by atoms with Crippen molar-refractivity contribution in [1.29, 1.82) is 0 Å². The third-order valence-corrected chi connectivity index (χ3v) is 4.90. The average molecular weight is 544 g/mol. The van der Waals surface area contributed by atoms with Crippen molar-refractivity contribution in [3.8, 4) is 11.5 Å². The first-order valence-electron chi connectivity index (χ1n) is 9.90. The Morgan fingerprint density at radius 3 is 2.27 bits per heavy atom. The first kappa shape index (κ1) is 26.6. The number of guanidine groups is 1. The molecule has 0 saturated carbocycles. The molecule has 0 spiro atoms. The van der Waals surface area contributed by atoms with Gasteiger partial charge in [0.25, 0.3) is 0 Å². The summed E-state index contributed by atoms with van der Waals surface area (Å²) in [6.07, 6.45) is -1.58. The number of nitrogens with zero attached hydrogens (tertiary/aromatic N) is 2. The van der Waals surface area contributed by atoms with E-state index in [9.17, 15) is 13.2 Å². The van der Waals surface area contributed by atoms with Crippen LogP contribution in [-0.2, 0) is 0 Å². The predicted octanol–water partition coefficient (Wildman–Crippen LogP) is 3.52. The van der Waals surface area contributed by atoms with Gasteiger partial charge < -0.3 is 20.1 Å². The summed E-state index contributed by atoms with van der Waals surface area (Å²) in [5, 5.41) is 6.44. The second-order valence-corrected chi connectivity index (χ2v) is 7.07. The third kappa shape index (κ3) is 10.6. The molecular weight excluding hydrogens is 512 g/mol. The van der Waals surface area contributed by atoms with E-state index >= 15 is 0 Å². The average Bonchev–Trinajstić information content (AvgIpc) is 2.70. The zero-order chi connectivity index (χ0) is 21.1. The van der Waals surface area contributed by atoms with Gasteiger partial charge in [0.2, 0.25) is 0 Å². The number of ether oxygens (including phenoxy) is 2. The highest BCUT2D eigenvalue weighted by molar-refractivity contribution is 14.0. The number of rotatable bonds is 9. The van der Waals surface area contributed by atoms with Gasteiger partial charge in [0, 0.05) is 13.6 Å². The lowest BCUT2D eigenvalue weighted by Crippen LogP contribution is -2.42. The van der Waals surface area contributed by atoms with Gasteiger partial charge in [0.05, 0.1) is 20.2 Å². The number of nitrogens with one attached hydrogen (secondary N) is 2. The molecule has 1 saturated heterocycles. The van der Waals surface area contributed by atoms with Crippen molar-refractivity contribution in [3.63, 3.8) is 0 Å². The van der Waals surface area contributed by atoms with Crippen molar-refractivity contribution in [2.45, 2.75) is 25.4 Å². The normalized spacial score (nSPS) is 16.0. The summed E-state index contributed by atoms with van der Waals surface area (Å²) >= 11 is 0. The van der Waals surface area contributed by atoms with Crippen LogP contribution in [0.2, 0.25) is 0 Å². The van der Waals surface area contributed by atoms with Gasteiger partial charge in [0.1, 0.15) is 18.1 Å². The standard InChI is InChI=1S/C20H31F3N4O2.HI/c1-24-19(26-11-14-29-18-5-3-17(28-2)4-6-18)25-10-7-16-8-12-27(13-9-16)15-20(21,22)23;/h3-6,16H,7-15H2,1-2H3,(H2,24,25,26);1H. The largest absolute Gasteiger partial charge is 0.497 e. The van der Waals surface area contributed by atoms with E-state index < -0.39 is 12.7 Å². The van der Waals surface area contributed by atoms with Gasteiger partial charge in [-0.25, -0.2) is 0 Å². The Labute approximate surface area is 193 Å². The molecule has 0 aromatic heterocycles. The van der Waals surface area contributed by atoms with Crippen LogP contribution < -0.4 is 20.1 Å². The number of piperidine rings is 1. The minimum Gasteiger partial charge on any atom is -0.497 e. The maximum Gasteiger partial charge on any atom is 0.401 e. The van der Waals surface area contributed by atoms with Crippen LogP contribution in [0.3, 0.4) is 0 Å². The summed E-state index contributed by atoms with van der Waals surface area (Å²) in [5.41, 5.74) is 0. The van der Waals surface area contributed by atoms with Gasteiger partial charge in [-0.15, -0.1) is 24.0 Å². The van der Waals surface area contributed by atoms with Gasteiger partial charge in [-0.2, -0.15) is 13.2 Å². The molecule has 0 aliphatic carbocycles. The van der Waals surface area contributed by atoms with Gasteiger partial charge in [-0.1, -0.05) is 0 Å². The Balaban J connectivity index is 0.00000450. The highest BCUT2D eigenvalue weighted by Crippen LogP contribution is 2.24. The fourth-order valence-electron chi connectivity index (χ4n) is 3.31. The smallest absolute Gasteiger partial charge is 0.401 e. The van der Waals surface area contributed by atoms with E-state index in [0.717, 1.165) is 37.3 Å². The van der Waals surface area contributed by atoms with Crippen molar-refractivity contribution in [1.82, 2.24) is 15.5 Å². The molecular formula is C20H32F3IN4O2. The molecule has 0 bridgehead atoms. The van der Waals surface area contributed by atoms with Crippen molar-refractivity contribution >= 4 is 29.9 Å². The molecule has 2 N–H and O–H groups in total. The maximum atomic E-state index is 12.4. The van der Waals surface area contributed by atoms with Crippen molar-refractivity contribution in [2.24, 2.45) is 10.9 Å². The molecule has 1 aromatic carbocycles. The lowest BCUT2D eigenvalue weighted by atomic mass is 9.93. The van der Waals surface area contributed by atoms with Gasteiger partial charge >= 0.3 is 6.18 Å². The quantitative estimate of drug-likeness (QED) is 0.216. The Morgan fingerprint density at radius 1 is 1.10 bits per heavy atom. The second kappa shape index (κ2) is 13.8. The lowest BCUT2D eigenvalue weighted by molar-refractivity contribution is -0.148. The molecule has 1 aliphatic heterocycles. The summed E-state index contributed by atoms with van der Waals surface area (Å²) in [6, 6.07) is 7.39. The summed E-state index contributed by atoms with van der Waals surface area (Å²) < 4.78 is 48.1. The van der Waals surface area contributed by atoms with E-state index in [1.807, 2.05) is 24.3 Å². The zero-order valence-electron chi connectivity index (χ0n) is 17.5. The Kier molecular flexibility index (Phi) is 12.2. The topological polar surface area (TPSA) is 58.1 Å². The molecule has 6 nitrogen and oxygen atoms in total. The van der Waals surface area contributed by atoms with Gasteiger partial charge in [-0.3, -0.25) is 9.89 Å². The SMILES string of the molecule is CN=C(NCCOc1ccc(OC)cc1)NCCC1CCN(CC(F)(F)F)CC1.I. The fourth-order valence-corrected chi connectivity index (χ4v) is 3.31. The molecule has 1 heterocycles. The Bertz CT molecular complexity index is 621. The summed E-state index contributed by atoms with van der Waals surface area (Å²) in [7, 11) is 3.32. The highest BCUT2D eigenvalue weighted by atomic mass is 127. The number of methoxy groups -OCH3 is 1. The monoisotopic (exact) mass is 544 g/mol. The van der Waals surface area contributed by atoms with Crippen molar-refractivity contribution < 1.29 is 22.6 Å². The molecule has 1 aliphatic rings. The molecule has 0 radical (unpaired) electrons. The number of hydrogen-bond donors (Lipinski definition) is 2. The van der Waals surface area contributed by atoms with Crippen LogP contribution in [0, 0.1) is 5.92 Å². The molecule has 172 valence electrons. The van der Waals surface area contributed by atoms with Crippen LogP contribution in [0.1, 0.15) is 19.3 Å². The molecule has 0 unspecified atom stereocenters. The minimum atomic E-state index is -4.11. The second-order valence-electron chi connectivity index (χ2n) is 7.07. The number of alkyl halides is 3. The van der Waals surface area contributed by atoms with E-state index in [1.54, 1.807) is 14.2 Å². The molecule has 2 rings (SSSR count). The molecule has 1 aromatic rings. The number of halogens is 4. The molecule has 30 heavy (non-hydrogen) atoms. The summed E-state index contributed by atoms with van der Waals surface area (Å²) in [6.45, 7) is 2.06. The number of likely N-dealkylation sites (tertiary alicyclic amines) is 1. The van der Waals surface area contributed by atoms with Crippen LogP contribution in [0.4, 0.5) is 13.2 Å². The van der Waals surface area contributed by atoms with Gasteiger partial charge in [0.15, 0.2) is 5.96 Å². The molecule has 0 atom stereocenters. The summed E-state index contributed by atoms with van der Waals surface area (Å²) in [5.74, 6) is 2.69. The molecule has 0 amide bonds. The van der Waals surface area contributed by atoms with Gasteiger partial charge in [-0.05, 0) is 62.5 Å². The number of benzene rings is 1. The zero-order valence-corrected chi connectivity index (χ0v) is 19.8. The Morgan fingerprint density at radius 2 is 1.70 bits per heavy atom. The predicted molar refractivity (Wildman–Crippen MR) is 123 cm³/mol. The van der Waals surface area contributed by atoms with Crippen molar-refractivity contribution in [2.75, 3.05) is 53.5 Å². The van der Waals surface area contributed by atoms with E-state index in [4.69, 9.17) is 9.47 Å². The van der Waals surface area contributed by atoms with E-state index in [-0.39, 0.29) is 24.0 Å². The minimum absolute atomic E-state index is 0. The Hall–Kier alpha value is -1.43. The van der Waals surface area contributed by atoms with Crippen LogP contribution >= 0.6 is 24.0 Å². The van der Waals surface area contributed by atoms with Crippen molar-refractivity contribution in [3.05, 3.63) is 24.3 Å². The lowest BCUT2D eigenvalue weighted by Gasteiger charge is -2.32. The highest BCUT2D eigenvalue weighted by Gasteiger charge is 2.32. The first-order chi connectivity index (χ1) is 13.9. The van der Waals surface area contributed by atoms with E-state index in [0.29, 0.717) is 38.1 Å². The van der Waals surface area contributed by atoms with Crippen LogP contribution in [0.15, 0.2) is 29.3 Å². The first-order valence-corrected chi connectivity index (χ1v) is 9.90. The van der Waals surface area contributed by atoms with Crippen LogP contribution in [0.5, 0.6) is 11.5 Å². The van der Waals surface area contributed by atoms with E-state index in [2.05, 4.69) is 15.6 Å². The van der Waals surface area contributed by atoms with Crippen LogP contribution in [0.25, 0.3) is 0 Å².